The molecular weight excluding hydrogens is 366 g/mol. The third-order valence-corrected chi connectivity index (χ3v) is 7.83. The van der Waals surface area contributed by atoms with Gasteiger partial charge in [0.25, 0.3) is 0 Å². The van der Waals surface area contributed by atoms with Crippen LogP contribution in [-0.2, 0) is 26.0 Å². The average molecular weight is 394 g/mol. The smallest absolute Gasteiger partial charge is 0.243 e. The van der Waals surface area contributed by atoms with E-state index in [4.69, 9.17) is 4.74 Å². The number of nitrogens with zero attached hydrogens (tertiary/aromatic N) is 3. The third kappa shape index (κ3) is 3.40. The average Bonchev–Trinajstić information content (AvgIpc) is 3.28. The lowest BCUT2D eigenvalue weighted by atomic mass is 10.1. The number of sulfonamides is 1. The first kappa shape index (κ1) is 18.9. The predicted molar refractivity (Wildman–Crippen MR) is 102 cm³/mol. The van der Waals surface area contributed by atoms with E-state index < -0.39 is 10.0 Å². The normalized spacial score (nSPS) is 27.1. The van der Waals surface area contributed by atoms with Gasteiger partial charge in [0.15, 0.2) is 0 Å². The Labute approximate surface area is 160 Å². The van der Waals surface area contributed by atoms with E-state index in [1.165, 1.54) is 0 Å². The van der Waals surface area contributed by atoms with Crippen LogP contribution in [0, 0.1) is 0 Å². The number of piperazine rings is 1. The van der Waals surface area contributed by atoms with Gasteiger partial charge in [0.1, 0.15) is 0 Å². The lowest BCUT2D eigenvalue weighted by Crippen LogP contribution is -2.52. The zero-order valence-electron chi connectivity index (χ0n) is 15.9. The van der Waals surface area contributed by atoms with Crippen molar-refractivity contribution in [1.29, 1.82) is 0 Å². The molecule has 0 spiro atoms. The zero-order chi connectivity index (χ0) is 19.2. The standard InChI is InChI=1S/C19H27N3O4S/c1-14-11-16-12-18(3-4-19(16)22(14)15(2)23)27(24,25)21-8-6-20(7-9-21)17-5-10-26-13-17/h3-4,12,14,17H,5-11,13H2,1-2H3/t14-,17-/m0/s1. The highest BCUT2D eigenvalue weighted by Crippen LogP contribution is 2.34. The van der Waals surface area contributed by atoms with Crippen molar-refractivity contribution in [2.24, 2.45) is 0 Å². The van der Waals surface area contributed by atoms with Crippen molar-refractivity contribution in [3.8, 4) is 0 Å². The van der Waals surface area contributed by atoms with Crippen LogP contribution in [0.5, 0.6) is 0 Å². The van der Waals surface area contributed by atoms with Crippen molar-refractivity contribution in [2.45, 2.75) is 43.7 Å². The second-order valence-electron chi connectivity index (χ2n) is 7.69. The number of carbonyl (C=O) groups excluding carboxylic acids is 1. The molecule has 2 fully saturated rings. The minimum absolute atomic E-state index is 0.0103. The third-order valence-electron chi connectivity index (χ3n) is 5.94. The summed E-state index contributed by atoms with van der Waals surface area (Å²) in [4.78, 5) is 16.3. The van der Waals surface area contributed by atoms with Crippen LogP contribution in [0.3, 0.4) is 0 Å². The molecule has 27 heavy (non-hydrogen) atoms. The minimum atomic E-state index is -3.51. The van der Waals surface area contributed by atoms with E-state index >= 15 is 0 Å². The number of benzene rings is 1. The summed E-state index contributed by atoms with van der Waals surface area (Å²) in [6, 6.07) is 5.65. The molecule has 2 saturated heterocycles. The van der Waals surface area contributed by atoms with E-state index in [0.717, 1.165) is 44.0 Å². The topological polar surface area (TPSA) is 70.2 Å². The maximum absolute atomic E-state index is 13.1. The van der Waals surface area contributed by atoms with E-state index in [0.29, 0.717) is 30.4 Å². The molecule has 7 nitrogen and oxygen atoms in total. The first-order valence-corrected chi connectivity index (χ1v) is 11.1. The first-order chi connectivity index (χ1) is 12.9. The highest BCUT2D eigenvalue weighted by Gasteiger charge is 2.34. The molecule has 1 aromatic carbocycles. The molecule has 2 atom stereocenters. The molecule has 0 aromatic heterocycles. The quantitative estimate of drug-likeness (QED) is 0.769. The summed E-state index contributed by atoms with van der Waals surface area (Å²) < 4.78 is 33.3. The van der Waals surface area contributed by atoms with E-state index in [1.807, 2.05) is 6.92 Å². The van der Waals surface area contributed by atoms with Crippen molar-refractivity contribution in [3.05, 3.63) is 23.8 Å². The number of ether oxygens (including phenoxy) is 1. The van der Waals surface area contributed by atoms with E-state index in [9.17, 15) is 13.2 Å². The number of amides is 1. The van der Waals surface area contributed by atoms with Gasteiger partial charge < -0.3 is 9.64 Å². The van der Waals surface area contributed by atoms with Gasteiger partial charge in [0.2, 0.25) is 15.9 Å². The Morgan fingerprint density at radius 1 is 1.19 bits per heavy atom. The monoisotopic (exact) mass is 393 g/mol. The van der Waals surface area contributed by atoms with E-state index in [-0.39, 0.29) is 11.9 Å². The second kappa shape index (κ2) is 7.16. The van der Waals surface area contributed by atoms with Crippen molar-refractivity contribution in [2.75, 3.05) is 44.3 Å². The SMILES string of the molecule is CC(=O)N1c2ccc(S(=O)(=O)N3CCN([C@H]4CCOC4)CC3)cc2C[C@@H]1C. The first-order valence-electron chi connectivity index (χ1n) is 9.62. The summed E-state index contributed by atoms with van der Waals surface area (Å²) in [7, 11) is -3.51. The molecule has 0 unspecified atom stereocenters. The number of hydrogen-bond donors (Lipinski definition) is 0. The van der Waals surface area contributed by atoms with Crippen molar-refractivity contribution in [1.82, 2.24) is 9.21 Å². The van der Waals surface area contributed by atoms with Gasteiger partial charge in [0.05, 0.1) is 11.5 Å². The van der Waals surface area contributed by atoms with E-state index in [1.54, 1.807) is 34.3 Å². The van der Waals surface area contributed by atoms with Crippen LogP contribution in [0.15, 0.2) is 23.1 Å². The Hall–Kier alpha value is -1.48. The number of hydrogen-bond acceptors (Lipinski definition) is 5. The molecule has 148 valence electrons. The fourth-order valence-electron chi connectivity index (χ4n) is 4.52. The highest BCUT2D eigenvalue weighted by molar-refractivity contribution is 7.89. The van der Waals surface area contributed by atoms with Gasteiger partial charge >= 0.3 is 0 Å². The molecule has 0 saturated carbocycles. The lowest BCUT2D eigenvalue weighted by molar-refractivity contribution is -0.116. The van der Waals surface area contributed by atoms with Crippen LogP contribution in [0.1, 0.15) is 25.8 Å². The van der Waals surface area contributed by atoms with Crippen LogP contribution < -0.4 is 4.90 Å². The van der Waals surface area contributed by atoms with Crippen LogP contribution >= 0.6 is 0 Å². The van der Waals surface area contributed by atoms with Gasteiger partial charge in [-0.05, 0) is 43.5 Å². The maximum Gasteiger partial charge on any atom is 0.243 e. The molecule has 8 heteroatoms. The fourth-order valence-corrected chi connectivity index (χ4v) is 5.99. The van der Waals surface area contributed by atoms with Crippen LogP contribution in [0.25, 0.3) is 0 Å². The lowest BCUT2D eigenvalue weighted by Gasteiger charge is -2.36. The minimum Gasteiger partial charge on any atom is -0.380 e. The number of fused-ring (bicyclic) bond motifs is 1. The highest BCUT2D eigenvalue weighted by atomic mass is 32.2. The van der Waals surface area contributed by atoms with Gasteiger partial charge in [-0.25, -0.2) is 8.42 Å². The largest absolute Gasteiger partial charge is 0.380 e. The van der Waals surface area contributed by atoms with Crippen molar-refractivity contribution >= 4 is 21.6 Å². The number of rotatable bonds is 3. The Bertz CT molecular complexity index is 827. The van der Waals surface area contributed by atoms with Gasteiger partial charge in [-0.3, -0.25) is 9.69 Å². The molecule has 3 aliphatic rings. The molecule has 0 N–H and O–H groups in total. The van der Waals surface area contributed by atoms with Crippen molar-refractivity contribution in [3.63, 3.8) is 0 Å². The van der Waals surface area contributed by atoms with Crippen LogP contribution in [0.4, 0.5) is 5.69 Å². The number of carbonyl (C=O) groups is 1. The van der Waals surface area contributed by atoms with Crippen LogP contribution in [0.2, 0.25) is 0 Å². The Kier molecular flexibility index (Phi) is 5.00. The summed E-state index contributed by atoms with van der Waals surface area (Å²) in [5, 5.41) is 0. The Morgan fingerprint density at radius 2 is 1.93 bits per heavy atom. The summed E-state index contributed by atoms with van der Waals surface area (Å²) >= 11 is 0. The molecule has 0 radical (unpaired) electrons. The summed E-state index contributed by atoms with van der Waals surface area (Å²) in [5.41, 5.74) is 1.76. The Balaban J connectivity index is 1.50. The summed E-state index contributed by atoms with van der Waals surface area (Å²) in [6.07, 6.45) is 1.72. The maximum atomic E-state index is 13.1. The predicted octanol–water partition coefficient (Wildman–Crippen LogP) is 1.08. The summed E-state index contributed by atoms with van der Waals surface area (Å²) in [6.45, 7) is 7.58. The molecule has 3 aliphatic heterocycles. The molecule has 0 aliphatic carbocycles. The van der Waals surface area contributed by atoms with E-state index in [2.05, 4.69) is 4.90 Å². The second-order valence-corrected chi connectivity index (χ2v) is 9.63. The molecule has 1 aromatic rings. The molecule has 1 amide bonds. The fraction of sp³-hybridized carbons (Fsp3) is 0.632. The van der Waals surface area contributed by atoms with Crippen molar-refractivity contribution < 1.29 is 17.9 Å². The van der Waals surface area contributed by atoms with Gasteiger partial charge in [0, 0.05) is 57.5 Å². The molecular formula is C19H27N3O4S. The Morgan fingerprint density at radius 3 is 2.56 bits per heavy atom. The van der Waals surface area contributed by atoms with Gasteiger partial charge in [-0.15, -0.1) is 0 Å². The number of anilines is 1. The zero-order valence-corrected chi connectivity index (χ0v) is 16.7. The molecule has 0 bridgehead atoms. The summed E-state index contributed by atoms with van der Waals surface area (Å²) in [5.74, 6) is -0.0103. The molecule has 3 heterocycles. The molecule has 4 rings (SSSR count). The van der Waals surface area contributed by atoms with Crippen LogP contribution in [-0.4, -0.2) is 75.0 Å². The van der Waals surface area contributed by atoms with Gasteiger partial charge in [-0.1, -0.05) is 0 Å². The van der Waals surface area contributed by atoms with Gasteiger partial charge in [-0.2, -0.15) is 4.31 Å².